The Balaban J connectivity index is 1.49. The second-order valence-electron chi connectivity index (χ2n) is 7.55. The molecule has 0 fully saturated rings. The van der Waals surface area contributed by atoms with Gasteiger partial charge < -0.3 is 14.3 Å². The van der Waals surface area contributed by atoms with Crippen molar-refractivity contribution in [2.75, 3.05) is 0 Å². The Morgan fingerprint density at radius 1 is 1.12 bits per heavy atom. The predicted octanol–water partition coefficient (Wildman–Crippen LogP) is 5.38. The van der Waals surface area contributed by atoms with Crippen LogP contribution in [0.3, 0.4) is 0 Å². The molecule has 4 aromatic rings. The number of carbonyl (C=O) groups is 2. The van der Waals surface area contributed by atoms with E-state index in [9.17, 15) is 9.59 Å². The Labute approximate surface area is 200 Å². The highest BCUT2D eigenvalue weighted by atomic mass is 35.5. The van der Waals surface area contributed by atoms with Crippen molar-refractivity contribution in [1.29, 1.82) is 0 Å². The number of hydrogen-bond donors (Lipinski definition) is 1. The number of nitrogens with one attached hydrogen (secondary N) is 1. The maximum absolute atomic E-state index is 12.6. The summed E-state index contributed by atoms with van der Waals surface area (Å²) in [7, 11) is 0. The van der Waals surface area contributed by atoms with Crippen LogP contribution in [0.25, 0.3) is 0 Å². The molecule has 2 heterocycles. The molecular weight excluding hydrogens is 458 g/mol. The van der Waals surface area contributed by atoms with Gasteiger partial charge in [0.05, 0.1) is 12.6 Å². The zero-order valence-corrected chi connectivity index (χ0v) is 19.7. The molecule has 2 amide bonds. The van der Waals surface area contributed by atoms with Crippen molar-refractivity contribution in [2.24, 2.45) is 4.99 Å². The first kappa shape index (κ1) is 22.8. The van der Waals surface area contributed by atoms with E-state index in [4.69, 9.17) is 16.0 Å². The molecular formula is C25H22ClN3O3S. The van der Waals surface area contributed by atoms with Crippen LogP contribution in [0.1, 0.15) is 50.1 Å². The number of furan rings is 1. The quantitative estimate of drug-likeness (QED) is 0.403. The highest BCUT2D eigenvalue weighted by Gasteiger charge is 2.16. The molecule has 0 spiro atoms. The third kappa shape index (κ3) is 5.69. The fraction of sp³-hybridized carbons (Fsp3) is 0.160. The molecule has 2 aromatic heterocycles. The monoisotopic (exact) mass is 479 g/mol. The summed E-state index contributed by atoms with van der Waals surface area (Å²) in [6.45, 7) is 4.20. The average molecular weight is 480 g/mol. The van der Waals surface area contributed by atoms with E-state index in [1.165, 1.54) is 11.3 Å². The van der Waals surface area contributed by atoms with E-state index in [-0.39, 0.29) is 23.6 Å². The number of aryl methyl sites for hydroxylation is 1. The average Bonchev–Trinajstić information content (AvgIpc) is 3.41. The lowest BCUT2D eigenvalue weighted by molar-refractivity contribution is 0.0909. The first-order valence-corrected chi connectivity index (χ1v) is 11.5. The molecule has 0 bridgehead atoms. The van der Waals surface area contributed by atoms with Gasteiger partial charge in [-0.15, -0.1) is 11.3 Å². The lowest BCUT2D eigenvalue weighted by Crippen LogP contribution is -2.26. The van der Waals surface area contributed by atoms with E-state index in [1.807, 2.05) is 54.9 Å². The zero-order chi connectivity index (χ0) is 23.4. The van der Waals surface area contributed by atoms with Crippen LogP contribution in [0, 0.1) is 6.92 Å². The molecule has 0 aliphatic heterocycles. The van der Waals surface area contributed by atoms with Gasteiger partial charge in [-0.3, -0.25) is 9.59 Å². The van der Waals surface area contributed by atoms with E-state index in [2.05, 4.69) is 10.3 Å². The number of amides is 2. The molecule has 6 nitrogen and oxygen atoms in total. The van der Waals surface area contributed by atoms with Gasteiger partial charge in [-0.2, -0.15) is 4.99 Å². The molecule has 0 unspecified atom stereocenters. The van der Waals surface area contributed by atoms with Crippen molar-refractivity contribution in [3.63, 3.8) is 0 Å². The van der Waals surface area contributed by atoms with Gasteiger partial charge in [-0.05, 0) is 49.7 Å². The van der Waals surface area contributed by atoms with E-state index < -0.39 is 0 Å². The van der Waals surface area contributed by atoms with Crippen LogP contribution in [0.5, 0.6) is 0 Å². The van der Waals surface area contributed by atoms with Crippen molar-refractivity contribution < 1.29 is 14.0 Å². The smallest absolute Gasteiger partial charge is 0.287 e. The molecule has 33 heavy (non-hydrogen) atoms. The van der Waals surface area contributed by atoms with Crippen LogP contribution in [0.15, 0.2) is 82.3 Å². The first-order chi connectivity index (χ1) is 15.9. The fourth-order valence-electron chi connectivity index (χ4n) is 3.32. The summed E-state index contributed by atoms with van der Waals surface area (Å²) in [6.07, 6.45) is 1.90. The SMILES string of the molecule is Cc1cn(Cc2ccc(C(=O)N[C@@H](C)c3ccccc3)o2)c(=NC(=O)c2cccc(Cl)c2)s1. The van der Waals surface area contributed by atoms with Gasteiger partial charge in [0.15, 0.2) is 10.6 Å². The maximum atomic E-state index is 12.6. The lowest BCUT2D eigenvalue weighted by atomic mass is 10.1. The molecule has 0 saturated heterocycles. The lowest BCUT2D eigenvalue weighted by Gasteiger charge is -2.13. The number of rotatable bonds is 6. The van der Waals surface area contributed by atoms with Gasteiger partial charge in [-0.1, -0.05) is 48.0 Å². The summed E-state index contributed by atoms with van der Waals surface area (Å²) in [5.74, 6) is 0.156. The number of hydrogen-bond acceptors (Lipinski definition) is 4. The van der Waals surface area contributed by atoms with Crippen LogP contribution in [0.4, 0.5) is 0 Å². The van der Waals surface area contributed by atoms with E-state index in [1.54, 1.807) is 36.4 Å². The zero-order valence-electron chi connectivity index (χ0n) is 18.1. The summed E-state index contributed by atoms with van der Waals surface area (Å²) in [4.78, 5) is 31.0. The third-order valence-corrected chi connectivity index (χ3v) is 6.13. The van der Waals surface area contributed by atoms with Crippen LogP contribution in [-0.4, -0.2) is 16.4 Å². The molecule has 0 aliphatic carbocycles. The summed E-state index contributed by atoms with van der Waals surface area (Å²) < 4.78 is 7.61. The van der Waals surface area contributed by atoms with E-state index in [0.29, 0.717) is 27.7 Å². The van der Waals surface area contributed by atoms with Gasteiger partial charge in [-0.25, -0.2) is 0 Å². The molecule has 1 N–H and O–H groups in total. The first-order valence-electron chi connectivity index (χ1n) is 10.3. The fourth-order valence-corrected chi connectivity index (χ4v) is 4.34. The topological polar surface area (TPSA) is 76.6 Å². The van der Waals surface area contributed by atoms with Crippen LogP contribution in [0.2, 0.25) is 5.02 Å². The standard InChI is InChI=1S/C25H22ClN3O3S/c1-16-14-29(25(33-16)28-23(30)19-9-6-10-20(26)13-19)15-21-11-12-22(32-21)24(31)27-17(2)18-7-4-3-5-8-18/h3-14,17H,15H2,1-2H3,(H,27,31)/t17-/m0/s1. The minimum absolute atomic E-state index is 0.149. The van der Waals surface area contributed by atoms with Crippen molar-refractivity contribution in [3.8, 4) is 0 Å². The Bertz CT molecular complexity index is 1350. The van der Waals surface area contributed by atoms with Crippen molar-refractivity contribution in [2.45, 2.75) is 26.4 Å². The Morgan fingerprint density at radius 3 is 2.67 bits per heavy atom. The van der Waals surface area contributed by atoms with Gasteiger partial charge in [0.25, 0.3) is 11.8 Å². The molecule has 168 valence electrons. The van der Waals surface area contributed by atoms with Crippen LogP contribution in [-0.2, 0) is 6.54 Å². The van der Waals surface area contributed by atoms with Crippen molar-refractivity contribution >= 4 is 34.8 Å². The van der Waals surface area contributed by atoms with Gasteiger partial charge in [0.1, 0.15) is 5.76 Å². The second-order valence-corrected chi connectivity index (χ2v) is 9.20. The summed E-state index contributed by atoms with van der Waals surface area (Å²) in [6, 6.07) is 19.7. The van der Waals surface area contributed by atoms with Crippen LogP contribution >= 0.6 is 22.9 Å². The minimum Gasteiger partial charge on any atom is -0.454 e. The highest BCUT2D eigenvalue weighted by Crippen LogP contribution is 2.15. The molecule has 4 rings (SSSR count). The number of carbonyl (C=O) groups excluding carboxylic acids is 2. The Kier molecular flexibility index (Phi) is 6.91. The predicted molar refractivity (Wildman–Crippen MR) is 129 cm³/mol. The Hall–Kier alpha value is -3.42. The molecule has 1 atom stereocenters. The summed E-state index contributed by atoms with van der Waals surface area (Å²) in [5.41, 5.74) is 1.43. The normalized spacial score (nSPS) is 12.5. The number of thiazole rings is 1. The van der Waals surface area contributed by atoms with Gasteiger partial charge >= 0.3 is 0 Å². The summed E-state index contributed by atoms with van der Waals surface area (Å²) >= 11 is 7.39. The minimum atomic E-state index is -0.373. The second kappa shape index (κ2) is 10.0. The van der Waals surface area contributed by atoms with E-state index in [0.717, 1.165) is 10.4 Å². The molecule has 0 aliphatic rings. The van der Waals surface area contributed by atoms with Gasteiger partial charge in [0.2, 0.25) is 0 Å². The number of halogens is 1. The largest absolute Gasteiger partial charge is 0.454 e. The molecule has 2 aromatic carbocycles. The number of benzene rings is 2. The maximum Gasteiger partial charge on any atom is 0.287 e. The Morgan fingerprint density at radius 2 is 1.91 bits per heavy atom. The highest BCUT2D eigenvalue weighted by molar-refractivity contribution is 7.09. The van der Waals surface area contributed by atoms with Crippen molar-refractivity contribution in [1.82, 2.24) is 9.88 Å². The van der Waals surface area contributed by atoms with E-state index >= 15 is 0 Å². The van der Waals surface area contributed by atoms with Gasteiger partial charge in [0, 0.05) is 21.7 Å². The van der Waals surface area contributed by atoms with Crippen LogP contribution < -0.4 is 10.1 Å². The molecule has 0 saturated carbocycles. The molecule has 8 heteroatoms. The number of nitrogens with zero attached hydrogens (tertiary/aromatic N) is 2. The molecule has 0 radical (unpaired) electrons. The van der Waals surface area contributed by atoms with Crippen molar-refractivity contribution in [3.05, 3.63) is 110 Å². The summed E-state index contributed by atoms with van der Waals surface area (Å²) in [5, 5.41) is 3.42. The number of aromatic nitrogens is 1. The third-order valence-electron chi connectivity index (χ3n) is 4.96.